The summed E-state index contributed by atoms with van der Waals surface area (Å²) in [6.07, 6.45) is 7.30. The lowest BCUT2D eigenvalue weighted by atomic mass is 9.94. The molecule has 0 spiro atoms. The molecule has 0 aliphatic heterocycles. The van der Waals surface area contributed by atoms with Gasteiger partial charge in [0.15, 0.2) is 5.13 Å². The molecule has 5 rings (SSSR count). The van der Waals surface area contributed by atoms with Gasteiger partial charge in [-0.3, -0.25) is 19.1 Å². The van der Waals surface area contributed by atoms with Crippen LogP contribution in [0.2, 0.25) is 0 Å². The first-order valence-corrected chi connectivity index (χ1v) is 13.0. The van der Waals surface area contributed by atoms with Crippen molar-refractivity contribution in [1.82, 2.24) is 9.55 Å². The molecule has 1 N–H and O–H groups in total. The second kappa shape index (κ2) is 10.1. The summed E-state index contributed by atoms with van der Waals surface area (Å²) in [6, 6.07) is 14.9. The highest BCUT2D eigenvalue weighted by Gasteiger charge is 2.30. The normalized spacial score (nSPS) is 14.3. The number of fused-ring (bicyclic) bond motifs is 1. The van der Waals surface area contributed by atoms with Gasteiger partial charge in [0.2, 0.25) is 5.91 Å². The van der Waals surface area contributed by atoms with Crippen molar-refractivity contribution in [1.29, 1.82) is 0 Å². The molecule has 1 fully saturated rings. The lowest BCUT2D eigenvalue weighted by molar-refractivity contribution is -0.118. The van der Waals surface area contributed by atoms with Gasteiger partial charge in [-0.2, -0.15) is 0 Å². The summed E-state index contributed by atoms with van der Waals surface area (Å²) in [5, 5.41) is 13.2. The van der Waals surface area contributed by atoms with E-state index >= 15 is 0 Å². The number of aliphatic hydroxyl groups excluding tert-OH is 1. The largest absolute Gasteiger partial charge is 0.392 e. The van der Waals surface area contributed by atoms with Gasteiger partial charge in [0, 0.05) is 34.3 Å². The number of hydrogen-bond acceptors (Lipinski definition) is 5. The molecule has 0 bridgehead atoms. The fraction of sp³-hybridized carbons (Fsp3) is 0.321. The first-order chi connectivity index (χ1) is 17.1. The van der Waals surface area contributed by atoms with Crippen LogP contribution in [0.3, 0.4) is 0 Å². The van der Waals surface area contributed by atoms with E-state index in [1.54, 1.807) is 22.9 Å². The maximum absolute atomic E-state index is 13.9. The van der Waals surface area contributed by atoms with Crippen LogP contribution in [0, 0.1) is 6.92 Å². The SMILES string of the molecule is Cc1c(CC(=O)N(c2nccs2)C2CCCCC2)c2cc(CO)ccc2n1C(=O)c1ccccc1. The Morgan fingerprint density at radius 3 is 2.57 bits per heavy atom. The molecule has 1 aliphatic rings. The maximum atomic E-state index is 13.9. The van der Waals surface area contributed by atoms with Crippen molar-refractivity contribution < 1.29 is 14.7 Å². The molecule has 0 unspecified atom stereocenters. The van der Waals surface area contributed by atoms with Gasteiger partial charge in [-0.05, 0) is 55.2 Å². The summed E-state index contributed by atoms with van der Waals surface area (Å²) in [7, 11) is 0. The zero-order valence-electron chi connectivity index (χ0n) is 19.8. The molecule has 1 saturated carbocycles. The summed E-state index contributed by atoms with van der Waals surface area (Å²) in [5.41, 5.74) is 3.65. The fourth-order valence-corrected chi connectivity index (χ4v) is 5.93. The quantitative estimate of drug-likeness (QED) is 0.390. The number of benzene rings is 2. The summed E-state index contributed by atoms with van der Waals surface area (Å²) in [4.78, 5) is 33.7. The molecule has 0 saturated heterocycles. The van der Waals surface area contributed by atoms with E-state index in [-0.39, 0.29) is 30.9 Å². The van der Waals surface area contributed by atoms with Crippen molar-refractivity contribution >= 4 is 39.2 Å². The van der Waals surface area contributed by atoms with Gasteiger partial charge < -0.3 is 5.11 Å². The Bertz CT molecular complexity index is 1340. The Hall–Kier alpha value is -3.29. The highest BCUT2D eigenvalue weighted by atomic mass is 32.1. The molecule has 35 heavy (non-hydrogen) atoms. The molecular weight excluding hydrogens is 458 g/mol. The van der Waals surface area contributed by atoms with E-state index in [1.807, 2.05) is 53.6 Å². The van der Waals surface area contributed by atoms with Crippen LogP contribution in [-0.4, -0.2) is 32.5 Å². The third-order valence-electron chi connectivity index (χ3n) is 6.97. The first-order valence-electron chi connectivity index (χ1n) is 12.1. The molecule has 0 atom stereocenters. The highest BCUT2D eigenvalue weighted by molar-refractivity contribution is 7.13. The van der Waals surface area contributed by atoms with Crippen molar-refractivity contribution in [3.63, 3.8) is 0 Å². The number of hydrogen-bond donors (Lipinski definition) is 1. The van der Waals surface area contributed by atoms with Crippen molar-refractivity contribution in [3.8, 4) is 0 Å². The zero-order chi connectivity index (χ0) is 24.4. The fourth-order valence-electron chi connectivity index (χ4n) is 5.20. The second-order valence-electron chi connectivity index (χ2n) is 9.13. The Labute approximate surface area is 208 Å². The van der Waals surface area contributed by atoms with Crippen LogP contribution in [0.1, 0.15) is 59.3 Å². The lowest BCUT2D eigenvalue weighted by Gasteiger charge is -2.32. The average Bonchev–Trinajstić information content (AvgIpc) is 3.51. The molecule has 1 amide bonds. The van der Waals surface area contributed by atoms with E-state index < -0.39 is 0 Å². The van der Waals surface area contributed by atoms with E-state index in [9.17, 15) is 14.7 Å². The van der Waals surface area contributed by atoms with E-state index in [1.165, 1.54) is 17.8 Å². The van der Waals surface area contributed by atoms with Gasteiger partial charge in [-0.1, -0.05) is 43.5 Å². The Kier molecular flexibility index (Phi) is 6.79. The summed E-state index contributed by atoms with van der Waals surface area (Å²) >= 11 is 1.49. The van der Waals surface area contributed by atoms with E-state index in [4.69, 9.17) is 0 Å². The maximum Gasteiger partial charge on any atom is 0.262 e. The van der Waals surface area contributed by atoms with Crippen molar-refractivity contribution in [2.75, 3.05) is 4.90 Å². The summed E-state index contributed by atoms with van der Waals surface area (Å²) in [5.74, 6) is -0.136. The molecule has 180 valence electrons. The number of aliphatic hydroxyl groups is 1. The summed E-state index contributed by atoms with van der Waals surface area (Å²) in [6.45, 7) is 1.80. The number of carbonyl (C=O) groups excluding carboxylic acids is 2. The van der Waals surface area contributed by atoms with Gasteiger partial charge in [-0.25, -0.2) is 4.98 Å². The van der Waals surface area contributed by atoms with Crippen LogP contribution in [0.5, 0.6) is 0 Å². The predicted molar refractivity (Wildman–Crippen MR) is 139 cm³/mol. The number of amides is 1. The van der Waals surface area contributed by atoms with Crippen LogP contribution in [-0.2, 0) is 17.8 Å². The minimum atomic E-state index is -0.132. The van der Waals surface area contributed by atoms with Gasteiger partial charge in [0.25, 0.3) is 5.91 Å². The van der Waals surface area contributed by atoms with E-state index in [0.717, 1.165) is 58.5 Å². The van der Waals surface area contributed by atoms with E-state index in [0.29, 0.717) is 5.56 Å². The molecular formula is C28H29N3O3S. The average molecular weight is 488 g/mol. The molecule has 7 heteroatoms. The lowest BCUT2D eigenvalue weighted by Crippen LogP contribution is -2.42. The number of carbonyl (C=O) groups is 2. The Morgan fingerprint density at radius 2 is 1.89 bits per heavy atom. The third-order valence-corrected chi connectivity index (χ3v) is 7.74. The van der Waals surface area contributed by atoms with Crippen LogP contribution in [0.15, 0.2) is 60.1 Å². The second-order valence-corrected chi connectivity index (χ2v) is 10.0. The smallest absolute Gasteiger partial charge is 0.262 e. The van der Waals surface area contributed by atoms with Crippen LogP contribution in [0.25, 0.3) is 10.9 Å². The van der Waals surface area contributed by atoms with Crippen molar-refractivity contribution in [3.05, 3.63) is 82.5 Å². The molecule has 2 aromatic heterocycles. The first kappa shape index (κ1) is 23.5. The monoisotopic (exact) mass is 487 g/mol. The van der Waals surface area contributed by atoms with Crippen LogP contribution >= 0.6 is 11.3 Å². The van der Waals surface area contributed by atoms with Crippen LogP contribution < -0.4 is 4.90 Å². The highest BCUT2D eigenvalue weighted by Crippen LogP contribution is 2.32. The van der Waals surface area contributed by atoms with Gasteiger partial charge in [0.05, 0.1) is 18.5 Å². The molecule has 4 aromatic rings. The van der Waals surface area contributed by atoms with Gasteiger partial charge >= 0.3 is 0 Å². The Balaban J connectivity index is 1.58. The molecule has 2 aromatic carbocycles. The zero-order valence-corrected chi connectivity index (χ0v) is 20.6. The van der Waals surface area contributed by atoms with Crippen molar-refractivity contribution in [2.24, 2.45) is 0 Å². The number of aromatic nitrogens is 2. The molecule has 1 aliphatic carbocycles. The molecule has 6 nitrogen and oxygen atoms in total. The van der Waals surface area contributed by atoms with E-state index in [2.05, 4.69) is 4.98 Å². The standard InChI is InChI=1S/C28H29N3O3S/c1-19-23(17-26(33)31(28-29-14-15-35-28)22-10-6-3-7-11-22)24-16-20(18-32)12-13-25(24)30(19)27(34)21-8-4-2-5-9-21/h2,4-5,8-9,12-16,22,32H,3,6-7,10-11,17-18H2,1H3. The molecule has 0 radical (unpaired) electrons. The predicted octanol–water partition coefficient (Wildman–Crippen LogP) is 5.50. The van der Waals surface area contributed by atoms with Crippen LogP contribution in [0.4, 0.5) is 5.13 Å². The minimum Gasteiger partial charge on any atom is -0.392 e. The van der Waals surface area contributed by atoms with Gasteiger partial charge in [-0.15, -0.1) is 11.3 Å². The summed E-state index contributed by atoms with van der Waals surface area (Å²) < 4.78 is 1.70. The van der Waals surface area contributed by atoms with Crippen molar-refractivity contribution in [2.45, 2.75) is 58.1 Å². The molecule has 2 heterocycles. The third kappa shape index (κ3) is 4.54. The minimum absolute atomic E-state index is 0.00411. The Morgan fingerprint density at radius 1 is 1.11 bits per heavy atom. The number of nitrogens with zero attached hydrogens (tertiary/aromatic N) is 3. The topological polar surface area (TPSA) is 75.4 Å². The number of rotatable bonds is 6. The number of anilines is 1. The van der Waals surface area contributed by atoms with Gasteiger partial charge in [0.1, 0.15) is 0 Å². The number of thiazole rings is 1.